The van der Waals surface area contributed by atoms with Crippen LogP contribution in [-0.4, -0.2) is 4.57 Å². The summed E-state index contributed by atoms with van der Waals surface area (Å²) in [6.07, 6.45) is 41.0. The summed E-state index contributed by atoms with van der Waals surface area (Å²) in [5, 5.41) is 2.63. The van der Waals surface area contributed by atoms with Crippen molar-refractivity contribution in [1.82, 2.24) is 4.57 Å². The van der Waals surface area contributed by atoms with Gasteiger partial charge in [0.1, 0.15) is 13.1 Å². The van der Waals surface area contributed by atoms with Crippen molar-refractivity contribution >= 4 is 46.1 Å². The van der Waals surface area contributed by atoms with Crippen LogP contribution < -0.4 is 9.13 Å². The maximum absolute atomic E-state index is 2.42. The van der Waals surface area contributed by atoms with Gasteiger partial charge in [-0.25, -0.2) is 0 Å². The van der Waals surface area contributed by atoms with E-state index in [1.54, 1.807) is 0 Å². The highest BCUT2D eigenvalue weighted by molar-refractivity contribution is 6.09. The largest absolute Gasteiger partial charge is 0.344 e. The first-order chi connectivity index (χ1) is 26.7. The number of hydrogen-bond donors (Lipinski definition) is 0. The minimum Gasteiger partial charge on any atom is -0.344 e. The van der Waals surface area contributed by atoms with Gasteiger partial charge < -0.3 is 4.57 Å². The third-order valence-corrected chi connectivity index (χ3v) is 11.4. The second-order valence-electron chi connectivity index (χ2n) is 15.8. The van der Waals surface area contributed by atoms with Crippen molar-refractivity contribution in [2.45, 2.75) is 155 Å². The average Bonchev–Trinajstić information content (AvgIpc) is 3.48. The fraction of sp³-hybridized carbons (Fsp3) is 0.490. The number of hydrogen-bond acceptors (Lipinski definition) is 0. The van der Waals surface area contributed by atoms with Gasteiger partial charge in [0, 0.05) is 78.1 Å². The van der Waals surface area contributed by atoms with Crippen LogP contribution >= 0.6 is 0 Å². The van der Waals surface area contributed by atoms with Crippen LogP contribution in [0.3, 0.4) is 0 Å². The van der Waals surface area contributed by atoms with Crippen LogP contribution in [0.5, 0.6) is 0 Å². The van der Waals surface area contributed by atoms with Gasteiger partial charge >= 0.3 is 0 Å². The van der Waals surface area contributed by atoms with Gasteiger partial charge in [-0.15, -0.1) is 0 Å². The second kappa shape index (κ2) is 23.7. The van der Waals surface area contributed by atoms with E-state index in [1.165, 1.54) is 173 Å². The van der Waals surface area contributed by atoms with E-state index in [0.717, 1.165) is 13.1 Å². The molecule has 54 heavy (non-hydrogen) atoms. The maximum atomic E-state index is 2.42. The van der Waals surface area contributed by atoms with Gasteiger partial charge in [-0.3, -0.25) is 0 Å². The molecule has 3 heterocycles. The predicted octanol–water partition coefficient (Wildman–Crippen LogP) is 14.1. The van der Waals surface area contributed by atoms with Crippen LogP contribution in [-0.2, 0) is 20.1 Å². The molecule has 0 aliphatic carbocycles. The Labute approximate surface area is 328 Å². The average molecular weight is 726 g/mol. The second-order valence-corrected chi connectivity index (χ2v) is 15.8. The summed E-state index contributed by atoms with van der Waals surface area (Å²) in [6, 6.07) is 27.0. The lowest BCUT2D eigenvalue weighted by atomic mass is 10.1. The number of unbranched alkanes of at least 4 members (excludes halogenated alkanes) is 18. The Morgan fingerprint density at radius 3 is 1.19 bits per heavy atom. The molecule has 3 aromatic heterocycles. The highest BCUT2D eigenvalue weighted by atomic mass is 15.0. The van der Waals surface area contributed by atoms with Gasteiger partial charge in [-0.05, 0) is 60.4 Å². The summed E-state index contributed by atoms with van der Waals surface area (Å²) < 4.78 is 7.20. The van der Waals surface area contributed by atoms with Gasteiger partial charge in [0.2, 0.25) is 11.4 Å². The fourth-order valence-corrected chi connectivity index (χ4v) is 8.04. The van der Waals surface area contributed by atoms with Gasteiger partial charge in [-0.2, -0.15) is 9.13 Å². The van der Waals surface area contributed by atoms with Crippen LogP contribution in [0.4, 0.5) is 0 Å². The summed E-state index contributed by atoms with van der Waals surface area (Å²) in [7, 11) is 2.21. The van der Waals surface area contributed by atoms with E-state index in [1.807, 2.05) is 0 Å². The number of pyridine rings is 2. The van der Waals surface area contributed by atoms with Crippen LogP contribution in [0.1, 0.15) is 165 Å². The van der Waals surface area contributed by atoms with Crippen LogP contribution in [0.15, 0.2) is 85.2 Å². The molecule has 0 bridgehead atoms. The molecule has 0 unspecified atom stereocenters. The van der Waals surface area contributed by atoms with Crippen molar-refractivity contribution in [3.63, 3.8) is 0 Å². The number of rotatable bonds is 26. The van der Waals surface area contributed by atoms with Crippen molar-refractivity contribution in [3.8, 4) is 0 Å². The molecule has 0 N–H and O–H groups in total. The van der Waals surface area contributed by atoms with E-state index in [-0.39, 0.29) is 0 Å². The van der Waals surface area contributed by atoms with E-state index in [4.69, 9.17) is 0 Å². The molecule has 0 saturated heterocycles. The van der Waals surface area contributed by atoms with Gasteiger partial charge in [-0.1, -0.05) is 141 Å². The summed E-state index contributed by atoms with van der Waals surface area (Å²) in [6.45, 7) is 6.76. The Hall–Kier alpha value is -3.98. The van der Waals surface area contributed by atoms with E-state index in [9.17, 15) is 0 Å². The molecule has 3 heteroatoms. The number of fused-ring (bicyclic) bond motifs is 3. The van der Waals surface area contributed by atoms with E-state index in [0.29, 0.717) is 0 Å². The van der Waals surface area contributed by atoms with Crippen molar-refractivity contribution in [1.29, 1.82) is 0 Å². The molecule has 5 rings (SSSR count). The molecule has 0 saturated carbocycles. The normalized spacial score (nSPS) is 12.0. The van der Waals surface area contributed by atoms with Crippen LogP contribution in [0, 0.1) is 0 Å². The van der Waals surface area contributed by atoms with Gasteiger partial charge in [0.15, 0.2) is 12.4 Å². The lowest BCUT2D eigenvalue weighted by Crippen LogP contribution is -2.36. The monoisotopic (exact) mass is 726 g/mol. The zero-order valence-electron chi connectivity index (χ0n) is 34.3. The summed E-state index contributed by atoms with van der Waals surface area (Å²) >= 11 is 0. The lowest BCUT2D eigenvalue weighted by Gasteiger charge is -2.03. The summed E-state index contributed by atoms with van der Waals surface area (Å²) in [5.41, 5.74) is 7.56. The van der Waals surface area contributed by atoms with Crippen molar-refractivity contribution in [3.05, 3.63) is 108 Å². The summed E-state index contributed by atoms with van der Waals surface area (Å²) in [5.74, 6) is 0. The first kappa shape index (κ1) is 41.2. The van der Waals surface area contributed by atoms with E-state index >= 15 is 0 Å². The Bertz CT molecular complexity index is 1740. The first-order valence-corrected chi connectivity index (χ1v) is 22.0. The SMILES string of the molecule is CCCCCCCCCCCC[n+]1ccccc1/C=C/c1ccc2c3ccc(/C=C/c4cccc[n+]4CCCCCCCCCCCC)cc3n(C)c2c1. The minimum absolute atomic E-state index is 1.08. The van der Waals surface area contributed by atoms with Crippen molar-refractivity contribution in [2.24, 2.45) is 7.05 Å². The molecule has 0 amide bonds. The highest BCUT2D eigenvalue weighted by Crippen LogP contribution is 2.30. The molecular formula is C51H71N3+2. The number of nitrogens with zero attached hydrogens (tertiary/aromatic N) is 3. The Kier molecular flexibility index (Phi) is 18.1. The van der Waals surface area contributed by atoms with E-state index in [2.05, 4.69) is 144 Å². The molecule has 0 atom stereocenters. The molecular weight excluding hydrogens is 655 g/mol. The Morgan fingerprint density at radius 1 is 0.426 bits per heavy atom. The van der Waals surface area contributed by atoms with Crippen LogP contribution in [0.25, 0.3) is 46.1 Å². The molecule has 0 radical (unpaired) electrons. The van der Waals surface area contributed by atoms with Gasteiger partial charge in [0.25, 0.3) is 0 Å². The minimum atomic E-state index is 1.08. The molecule has 0 aliphatic rings. The molecule has 0 fully saturated rings. The summed E-state index contributed by atoms with van der Waals surface area (Å²) in [4.78, 5) is 0. The standard InChI is InChI=1S/C51H71N3/c1-4-6-8-10-12-14-16-18-20-24-38-53-40-26-22-28-46(53)34-30-44-32-36-48-49-37-33-45(43-51(49)52(3)50(48)42-44)31-35-47-29-23-27-41-54(47)39-25-21-19-17-15-13-11-9-7-5-2/h22-23,26-37,40-43H,4-21,24-25,38-39H2,1-3H3/q+2. The van der Waals surface area contributed by atoms with Crippen LogP contribution in [0.2, 0.25) is 0 Å². The number of aromatic nitrogens is 3. The molecule has 288 valence electrons. The Morgan fingerprint density at radius 2 is 0.796 bits per heavy atom. The van der Waals surface area contributed by atoms with Gasteiger partial charge in [0.05, 0.1) is 0 Å². The number of benzene rings is 2. The smallest absolute Gasteiger partial charge is 0.205 e. The molecule has 0 aliphatic heterocycles. The highest BCUT2D eigenvalue weighted by Gasteiger charge is 2.11. The van der Waals surface area contributed by atoms with E-state index < -0.39 is 0 Å². The Balaban J connectivity index is 1.15. The zero-order chi connectivity index (χ0) is 37.6. The quantitative estimate of drug-likeness (QED) is 0.0398. The fourth-order valence-electron chi connectivity index (χ4n) is 8.04. The zero-order valence-corrected chi connectivity index (χ0v) is 34.3. The van der Waals surface area contributed by atoms with Crippen molar-refractivity contribution in [2.75, 3.05) is 0 Å². The molecule has 2 aromatic carbocycles. The molecule has 0 spiro atoms. The lowest BCUT2D eigenvalue weighted by molar-refractivity contribution is -0.699. The van der Waals surface area contributed by atoms with Crippen molar-refractivity contribution < 1.29 is 9.13 Å². The predicted molar refractivity (Wildman–Crippen MR) is 235 cm³/mol. The first-order valence-electron chi connectivity index (χ1n) is 22.0. The molecule has 3 nitrogen and oxygen atoms in total. The maximum Gasteiger partial charge on any atom is 0.205 e. The third-order valence-electron chi connectivity index (χ3n) is 11.4. The molecule has 5 aromatic rings. The third kappa shape index (κ3) is 13.1. The number of aryl methyl sites for hydroxylation is 3. The topological polar surface area (TPSA) is 12.7 Å².